The monoisotopic (exact) mass is 253 g/mol. The van der Waals surface area contributed by atoms with Crippen molar-refractivity contribution in [2.24, 2.45) is 0 Å². The highest BCUT2D eigenvalue weighted by atomic mass is 16.7. The summed E-state index contributed by atoms with van der Waals surface area (Å²) in [6.07, 6.45) is -0.303. The Hall–Kier alpha value is -1.43. The van der Waals surface area contributed by atoms with E-state index in [1.54, 1.807) is 38.5 Å². The zero-order chi connectivity index (χ0) is 13.5. The average Bonchev–Trinajstić information content (AvgIpc) is 2.38. The van der Waals surface area contributed by atoms with E-state index in [1.807, 2.05) is 6.92 Å². The molecule has 0 aliphatic carbocycles. The number of nitrogens with one attached hydrogen (secondary N) is 1. The normalized spacial score (nSPS) is 12.7. The number of benzene rings is 1. The second-order valence-corrected chi connectivity index (χ2v) is 4.01. The van der Waals surface area contributed by atoms with Gasteiger partial charge < -0.3 is 19.9 Å². The summed E-state index contributed by atoms with van der Waals surface area (Å²) in [6.45, 7) is 2.59. The molecule has 1 atom stereocenters. The molecule has 0 aromatic heterocycles. The first-order chi connectivity index (χ1) is 8.58. The molecule has 0 bridgehead atoms. The predicted molar refractivity (Wildman–Crippen MR) is 67.5 cm³/mol. The van der Waals surface area contributed by atoms with Gasteiger partial charge in [-0.25, -0.2) is 4.79 Å². The Balaban J connectivity index is 2.50. The molecule has 5 heteroatoms. The standard InChI is InChI=1S/C13H19NO4/c1-9(13(17-2)18-3)14-8-10-4-6-11(7-5-10)12(15)16/h4-7,9,13-14H,8H2,1-3H3,(H,15,16). The van der Waals surface area contributed by atoms with E-state index in [-0.39, 0.29) is 12.3 Å². The number of carboxylic acid groups (broad SMARTS) is 1. The number of hydrogen-bond donors (Lipinski definition) is 2. The highest BCUT2D eigenvalue weighted by Gasteiger charge is 2.14. The maximum atomic E-state index is 10.7. The Morgan fingerprint density at radius 1 is 1.28 bits per heavy atom. The maximum absolute atomic E-state index is 10.7. The van der Waals surface area contributed by atoms with Crippen molar-refractivity contribution in [3.05, 3.63) is 35.4 Å². The van der Waals surface area contributed by atoms with E-state index in [0.29, 0.717) is 12.1 Å². The van der Waals surface area contributed by atoms with Crippen LogP contribution in [0.15, 0.2) is 24.3 Å². The fourth-order valence-electron chi connectivity index (χ4n) is 1.64. The molecule has 0 radical (unpaired) electrons. The number of carboxylic acids is 1. The molecule has 5 nitrogen and oxygen atoms in total. The summed E-state index contributed by atoms with van der Waals surface area (Å²) in [7, 11) is 3.18. The SMILES string of the molecule is COC(OC)C(C)NCc1ccc(C(=O)O)cc1. The quantitative estimate of drug-likeness (QED) is 0.720. The van der Waals surface area contributed by atoms with Gasteiger partial charge in [0.15, 0.2) is 6.29 Å². The lowest BCUT2D eigenvalue weighted by molar-refractivity contribution is -0.119. The summed E-state index contributed by atoms with van der Waals surface area (Å²) in [4.78, 5) is 10.7. The molecular weight excluding hydrogens is 234 g/mol. The number of ether oxygens (including phenoxy) is 2. The highest BCUT2D eigenvalue weighted by Crippen LogP contribution is 2.06. The van der Waals surface area contributed by atoms with Crippen LogP contribution in [0, 0.1) is 0 Å². The zero-order valence-corrected chi connectivity index (χ0v) is 10.8. The van der Waals surface area contributed by atoms with Crippen LogP contribution in [-0.2, 0) is 16.0 Å². The van der Waals surface area contributed by atoms with Crippen LogP contribution in [0.3, 0.4) is 0 Å². The van der Waals surface area contributed by atoms with Gasteiger partial charge in [-0.2, -0.15) is 0 Å². The minimum Gasteiger partial charge on any atom is -0.478 e. The zero-order valence-electron chi connectivity index (χ0n) is 10.8. The first-order valence-corrected chi connectivity index (χ1v) is 5.69. The lowest BCUT2D eigenvalue weighted by atomic mass is 10.1. The molecule has 0 saturated carbocycles. The lowest BCUT2D eigenvalue weighted by Gasteiger charge is -2.22. The molecule has 0 heterocycles. The van der Waals surface area contributed by atoms with Gasteiger partial charge in [-0.05, 0) is 24.6 Å². The van der Waals surface area contributed by atoms with Gasteiger partial charge in [0.05, 0.1) is 11.6 Å². The fourth-order valence-corrected chi connectivity index (χ4v) is 1.64. The third-order valence-electron chi connectivity index (χ3n) is 2.70. The molecule has 0 fully saturated rings. The molecular formula is C13H19NO4. The van der Waals surface area contributed by atoms with Gasteiger partial charge in [-0.15, -0.1) is 0 Å². The molecule has 0 spiro atoms. The van der Waals surface area contributed by atoms with Crippen molar-refractivity contribution in [1.29, 1.82) is 0 Å². The molecule has 0 aliphatic rings. The van der Waals surface area contributed by atoms with Crippen LogP contribution >= 0.6 is 0 Å². The summed E-state index contributed by atoms with van der Waals surface area (Å²) in [6, 6.07) is 6.80. The van der Waals surface area contributed by atoms with E-state index in [9.17, 15) is 4.79 Å². The van der Waals surface area contributed by atoms with Gasteiger partial charge in [0.2, 0.25) is 0 Å². The van der Waals surface area contributed by atoms with Gasteiger partial charge >= 0.3 is 5.97 Å². The number of aromatic carboxylic acids is 1. The van der Waals surface area contributed by atoms with Crippen molar-refractivity contribution < 1.29 is 19.4 Å². The van der Waals surface area contributed by atoms with Crippen LogP contribution in [0.25, 0.3) is 0 Å². The average molecular weight is 253 g/mol. The molecule has 0 saturated heterocycles. The van der Waals surface area contributed by atoms with Crippen LogP contribution in [0.1, 0.15) is 22.8 Å². The van der Waals surface area contributed by atoms with E-state index in [2.05, 4.69) is 5.32 Å². The summed E-state index contributed by atoms with van der Waals surface area (Å²) >= 11 is 0. The van der Waals surface area contributed by atoms with E-state index in [0.717, 1.165) is 5.56 Å². The van der Waals surface area contributed by atoms with Crippen LogP contribution < -0.4 is 5.32 Å². The lowest BCUT2D eigenvalue weighted by Crippen LogP contribution is -2.39. The molecule has 1 aromatic rings. The van der Waals surface area contributed by atoms with Gasteiger partial charge in [0.25, 0.3) is 0 Å². The van der Waals surface area contributed by atoms with Crippen LogP contribution in [0.2, 0.25) is 0 Å². The van der Waals surface area contributed by atoms with Crippen molar-refractivity contribution in [1.82, 2.24) is 5.32 Å². The van der Waals surface area contributed by atoms with Gasteiger partial charge in [-0.1, -0.05) is 12.1 Å². The maximum Gasteiger partial charge on any atom is 0.335 e. The largest absolute Gasteiger partial charge is 0.478 e. The van der Waals surface area contributed by atoms with Crippen molar-refractivity contribution in [3.63, 3.8) is 0 Å². The molecule has 18 heavy (non-hydrogen) atoms. The van der Waals surface area contributed by atoms with Crippen molar-refractivity contribution in [2.75, 3.05) is 14.2 Å². The minimum absolute atomic E-state index is 0.0409. The first-order valence-electron chi connectivity index (χ1n) is 5.69. The Kier molecular flexibility index (Phi) is 5.77. The molecule has 100 valence electrons. The number of rotatable bonds is 7. The third-order valence-corrected chi connectivity index (χ3v) is 2.70. The second kappa shape index (κ2) is 7.10. The summed E-state index contributed by atoms with van der Waals surface area (Å²) in [5.41, 5.74) is 1.30. The van der Waals surface area contributed by atoms with E-state index >= 15 is 0 Å². The molecule has 2 N–H and O–H groups in total. The van der Waals surface area contributed by atoms with E-state index in [4.69, 9.17) is 14.6 Å². The van der Waals surface area contributed by atoms with Crippen molar-refractivity contribution >= 4 is 5.97 Å². The van der Waals surface area contributed by atoms with Gasteiger partial charge in [0.1, 0.15) is 0 Å². The summed E-state index contributed by atoms with van der Waals surface area (Å²) in [5, 5.41) is 12.0. The summed E-state index contributed by atoms with van der Waals surface area (Å²) in [5.74, 6) is -0.915. The Morgan fingerprint density at radius 3 is 2.28 bits per heavy atom. The molecule has 1 aromatic carbocycles. The number of hydrogen-bond acceptors (Lipinski definition) is 4. The minimum atomic E-state index is -0.915. The van der Waals surface area contributed by atoms with Crippen molar-refractivity contribution in [3.8, 4) is 0 Å². The first kappa shape index (κ1) is 14.6. The van der Waals surface area contributed by atoms with E-state index < -0.39 is 5.97 Å². The van der Waals surface area contributed by atoms with Crippen LogP contribution in [0.4, 0.5) is 0 Å². The Labute approximate surface area is 107 Å². The van der Waals surface area contributed by atoms with Gasteiger partial charge in [0, 0.05) is 20.8 Å². The number of carbonyl (C=O) groups is 1. The van der Waals surface area contributed by atoms with E-state index in [1.165, 1.54) is 0 Å². The van der Waals surface area contributed by atoms with Gasteiger partial charge in [-0.3, -0.25) is 0 Å². The van der Waals surface area contributed by atoms with Crippen molar-refractivity contribution in [2.45, 2.75) is 25.8 Å². The summed E-state index contributed by atoms with van der Waals surface area (Å²) < 4.78 is 10.3. The third kappa shape index (κ3) is 4.10. The second-order valence-electron chi connectivity index (χ2n) is 4.01. The Bertz CT molecular complexity index is 373. The van der Waals surface area contributed by atoms with Crippen LogP contribution in [0.5, 0.6) is 0 Å². The smallest absolute Gasteiger partial charge is 0.335 e. The number of methoxy groups -OCH3 is 2. The topological polar surface area (TPSA) is 67.8 Å². The molecule has 0 amide bonds. The molecule has 0 aliphatic heterocycles. The Morgan fingerprint density at radius 2 is 1.83 bits per heavy atom. The van der Waals surface area contributed by atoms with Crippen LogP contribution in [-0.4, -0.2) is 37.6 Å². The molecule has 1 rings (SSSR count). The highest BCUT2D eigenvalue weighted by molar-refractivity contribution is 5.87. The predicted octanol–water partition coefficient (Wildman–Crippen LogP) is 1.48. The molecule has 1 unspecified atom stereocenters. The fraction of sp³-hybridized carbons (Fsp3) is 0.462.